The number of carbonyl (C=O) groups excluding carboxylic acids is 1. The maximum absolute atomic E-state index is 14.4. The number of benzene rings is 1. The number of urea groups is 1. The number of aliphatic hydroxyl groups is 2. The average molecular weight is 497 g/mol. The SMILES string of the molecule is CCC(CC)C[C@@H]1[C@H](O)[C@@H](O)[C@@H](CC(CC)CC)N(Cc2ccccc2)C(=O)N1CC1=CCCC=C1. The molecule has 1 saturated heterocycles. The van der Waals surface area contributed by atoms with Gasteiger partial charge in [0, 0.05) is 13.1 Å². The summed E-state index contributed by atoms with van der Waals surface area (Å²) in [5.41, 5.74) is 2.15. The lowest BCUT2D eigenvalue weighted by molar-refractivity contribution is -0.0488. The largest absolute Gasteiger partial charge is 0.388 e. The summed E-state index contributed by atoms with van der Waals surface area (Å²) in [6, 6.07) is 9.12. The first-order valence-corrected chi connectivity index (χ1v) is 14.3. The number of amides is 2. The molecule has 2 amide bonds. The quantitative estimate of drug-likeness (QED) is 0.356. The van der Waals surface area contributed by atoms with Gasteiger partial charge in [-0.05, 0) is 48.7 Å². The van der Waals surface area contributed by atoms with Crippen LogP contribution in [0.5, 0.6) is 0 Å². The Kier molecular flexibility index (Phi) is 11.1. The molecule has 0 saturated carbocycles. The first-order valence-electron chi connectivity index (χ1n) is 14.3. The van der Waals surface area contributed by atoms with Crippen LogP contribution in [0.2, 0.25) is 0 Å². The van der Waals surface area contributed by atoms with Crippen LogP contribution in [0.1, 0.15) is 84.6 Å². The molecule has 1 aliphatic carbocycles. The summed E-state index contributed by atoms with van der Waals surface area (Å²) in [6.07, 6.45) is 11.9. The van der Waals surface area contributed by atoms with Crippen molar-refractivity contribution in [1.29, 1.82) is 0 Å². The van der Waals surface area contributed by atoms with Gasteiger partial charge in [0.25, 0.3) is 0 Å². The van der Waals surface area contributed by atoms with Gasteiger partial charge in [0.1, 0.15) is 12.2 Å². The Morgan fingerprint density at radius 3 is 1.81 bits per heavy atom. The second-order valence-electron chi connectivity index (χ2n) is 10.7. The van der Waals surface area contributed by atoms with Gasteiger partial charge in [0.2, 0.25) is 0 Å². The van der Waals surface area contributed by atoms with Crippen molar-refractivity contribution < 1.29 is 15.0 Å². The lowest BCUT2D eigenvalue weighted by Crippen LogP contribution is -2.51. The highest BCUT2D eigenvalue weighted by atomic mass is 16.3. The van der Waals surface area contributed by atoms with E-state index in [1.807, 2.05) is 40.1 Å². The van der Waals surface area contributed by atoms with E-state index in [4.69, 9.17) is 0 Å². The number of carbonyl (C=O) groups is 1. The Morgan fingerprint density at radius 1 is 0.806 bits per heavy atom. The van der Waals surface area contributed by atoms with Gasteiger partial charge in [0.05, 0.1) is 12.1 Å². The lowest BCUT2D eigenvalue weighted by atomic mass is 9.85. The number of nitrogens with zero attached hydrogens (tertiary/aromatic N) is 2. The summed E-state index contributed by atoms with van der Waals surface area (Å²) in [7, 11) is 0. The van der Waals surface area contributed by atoms with Crippen molar-refractivity contribution >= 4 is 6.03 Å². The molecular formula is C31H48N2O3. The molecule has 1 aliphatic heterocycles. The zero-order chi connectivity index (χ0) is 26.1. The molecule has 200 valence electrons. The minimum Gasteiger partial charge on any atom is -0.388 e. The number of rotatable bonds is 12. The molecule has 0 radical (unpaired) electrons. The van der Waals surface area contributed by atoms with Crippen molar-refractivity contribution in [1.82, 2.24) is 9.80 Å². The van der Waals surface area contributed by atoms with Crippen LogP contribution in [-0.4, -0.2) is 56.9 Å². The van der Waals surface area contributed by atoms with Crippen molar-refractivity contribution in [3.05, 3.63) is 59.7 Å². The molecule has 0 unspecified atom stereocenters. The molecule has 2 aliphatic rings. The van der Waals surface area contributed by atoms with Crippen LogP contribution in [0, 0.1) is 11.8 Å². The zero-order valence-corrected chi connectivity index (χ0v) is 22.9. The fourth-order valence-electron chi connectivity index (χ4n) is 5.86. The van der Waals surface area contributed by atoms with Crippen molar-refractivity contribution in [3.63, 3.8) is 0 Å². The summed E-state index contributed by atoms with van der Waals surface area (Å²) < 4.78 is 0. The standard InChI is InChI=1S/C31H48N2O3/c1-5-23(6-2)19-27-29(34)30(35)28(20-24(7-3)8-4)33(22-26-17-13-10-14-18-26)31(36)32(27)21-25-15-11-9-12-16-25/h9,11-13,15-18,23-24,27-30,34-35H,5-8,10,14,19-22H2,1-4H3/t27-,28-,29+,30+/m1/s1. The Balaban J connectivity index is 2.05. The van der Waals surface area contributed by atoms with Gasteiger partial charge in [-0.2, -0.15) is 0 Å². The van der Waals surface area contributed by atoms with Gasteiger partial charge in [-0.3, -0.25) is 0 Å². The molecule has 5 nitrogen and oxygen atoms in total. The topological polar surface area (TPSA) is 64.0 Å². The number of aliphatic hydroxyl groups excluding tert-OH is 2. The molecule has 1 heterocycles. The highest BCUT2D eigenvalue weighted by Crippen LogP contribution is 2.33. The second kappa shape index (κ2) is 14.0. The fourth-order valence-corrected chi connectivity index (χ4v) is 5.86. The summed E-state index contributed by atoms with van der Waals surface area (Å²) in [5, 5.41) is 23.4. The molecule has 1 aromatic rings. The Morgan fingerprint density at radius 2 is 1.33 bits per heavy atom. The van der Waals surface area contributed by atoms with Crippen molar-refractivity contribution in [2.75, 3.05) is 6.54 Å². The number of allylic oxidation sites excluding steroid dienone is 2. The predicted octanol–water partition coefficient (Wildman–Crippen LogP) is 6.31. The smallest absolute Gasteiger partial charge is 0.321 e. The molecule has 0 spiro atoms. The second-order valence-corrected chi connectivity index (χ2v) is 10.7. The van der Waals surface area contributed by atoms with E-state index in [0.29, 0.717) is 37.8 Å². The van der Waals surface area contributed by atoms with Gasteiger partial charge in [0.15, 0.2) is 0 Å². The monoisotopic (exact) mass is 496 g/mol. The molecule has 2 N–H and O–H groups in total. The van der Waals surface area contributed by atoms with E-state index in [2.05, 4.69) is 45.9 Å². The minimum atomic E-state index is -0.987. The van der Waals surface area contributed by atoms with Crippen molar-refractivity contribution in [2.45, 2.75) is 110 Å². The average Bonchev–Trinajstić information content (AvgIpc) is 2.97. The van der Waals surface area contributed by atoms with Gasteiger partial charge in [-0.25, -0.2) is 4.79 Å². The van der Waals surface area contributed by atoms with Gasteiger partial charge < -0.3 is 20.0 Å². The van der Waals surface area contributed by atoms with E-state index in [1.165, 1.54) is 0 Å². The van der Waals surface area contributed by atoms with Crippen LogP contribution in [0.15, 0.2) is 54.1 Å². The summed E-state index contributed by atoms with van der Waals surface area (Å²) in [6.45, 7) is 9.57. The first kappa shape index (κ1) is 28.5. The lowest BCUT2D eigenvalue weighted by Gasteiger charge is -2.37. The van der Waals surface area contributed by atoms with Crippen LogP contribution < -0.4 is 0 Å². The summed E-state index contributed by atoms with van der Waals surface area (Å²) >= 11 is 0. The zero-order valence-electron chi connectivity index (χ0n) is 22.9. The van der Waals surface area contributed by atoms with E-state index < -0.39 is 24.3 Å². The Labute approximate surface area is 218 Å². The molecule has 0 aromatic heterocycles. The molecule has 1 aromatic carbocycles. The maximum atomic E-state index is 14.4. The van der Waals surface area contributed by atoms with Crippen LogP contribution >= 0.6 is 0 Å². The van der Waals surface area contributed by atoms with E-state index in [0.717, 1.165) is 49.7 Å². The van der Waals surface area contributed by atoms with E-state index in [-0.39, 0.29) is 6.03 Å². The predicted molar refractivity (Wildman–Crippen MR) is 148 cm³/mol. The first-order chi connectivity index (χ1) is 17.4. The summed E-state index contributed by atoms with van der Waals surface area (Å²) in [4.78, 5) is 18.2. The Hall–Kier alpha value is -2.11. The Bertz CT molecular complexity index is 860. The number of hydrogen-bond donors (Lipinski definition) is 2. The van der Waals surface area contributed by atoms with Gasteiger partial charge >= 0.3 is 6.03 Å². The third-order valence-electron chi connectivity index (χ3n) is 8.51. The highest BCUT2D eigenvalue weighted by Gasteiger charge is 2.47. The normalized spacial score (nSPS) is 25.0. The van der Waals surface area contributed by atoms with E-state index in [1.54, 1.807) is 0 Å². The molecule has 36 heavy (non-hydrogen) atoms. The minimum absolute atomic E-state index is 0.0683. The third kappa shape index (κ3) is 7.01. The fraction of sp³-hybridized carbons (Fsp3) is 0.645. The van der Waals surface area contributed by atoms with E-state index in [9.17, 15) is 15.0 Å². The molecule has 3 rings (SSSR count). The van der Waals surface area contributed by atoms with Crippen LogP contribution in [0.25, 0.3) is 0 Å². The van der Waals surface area contributed by atoms with Crippen LogP contribution in [0.3, 0.4) is 0 Å². The third-order valence-corrected chi connectivity index (χ3v) is 8.51. The van der Waals surface area contributed by atoms with Gasteiger partial charge in [-0.1, -0.05) is 102 Å². The van der Waals surface area contributed by atoms with Crippen molar-refractivity contribution in [2.24, 2.45) is 11.8 Å². The molecule has 4 atom stereocenters. The van der Waals surface area contributed by atoms with Crippen LogP contribution in [0.4, 0.5) is 4.79 Å². The van der Waals surface area contributed by atoms with E-state index >= 15 is 0 Å². The highest BCUT2D eigenvalue weighted by molar-refractivity contribution is 5.76. The van der Waals surface area contributed by atoms with Crippen molar-refractivity contribution in [3.8, 4) is 0 Å². The van der Waals surface area contributed by atoms with Gasteiger partial charge in [-0.15, -0.1) is 0 Å². The van der Waals surface area contributed by atoms with Crippen LogP contribution in [-0.2, 0) is 6.54 Å². The summed E-state index contributed by atoms with van der Waals surface area (Å²) in [5.74, 6) is 0.775. The maximum Gasteiger partial charge on any atom is 0.321 e. The number of hydrogen-bond acceptors (Lipinski definition) is 3. The molecule has 5 heteroatoms. The molecular weight excluding hydrogens is 448 g/mol. The molecule has 1 fully saturated rings. The molecule has 0 bridgehead atoms.